The lowest BCUT2D eigenvalue weighted by molar-refractivity contribution is -0.132. The Hall–Kier alpha value is -4.78. The van der Waals surface area contributed by atoms with Crippen molar-refractivity contribution in [1.82, 2.24) is 4.98 Å². The number of nitrogens with zero attached hydrogens (tertiary/aromatic N) is 2. The zero-order valence-corrected chi connectivity index (χ0v) is 23.6. The fourth-order valence-electron chi connectivity index (χ4n) is 4.72. The topological polar surface area (TPSA) is 143 Å². The van der Waals surface area contributed by atoms with Gasteiger partial charge in [-0.25, -0.2) is 9.78 Å². The number of Topliss-reactive ketones (excluding diaryl/α,β-unsaturated/α-hetero) is 1. The molecule has 12 nitrogen and oxygen atoms in total. The average molecular weight is 583 g/mol. The number of carbonyl (C=O) groups is 3. The zero-order chi connectivity index (χ0) is 29.4. The standard InChI is InChI=1S/C28H26N2O10S/c1-13-25(27(34)38-5)41-28(29-13)30-21(15-11-18(35-2)24(37-4)19(12-15)36-3)20(23(32)26(30)33)22(31)14-6-7-16-17(10-14)40-9-8-39-16/h6-7,10-12,21,31H,8-9H2,1-5H3. The van der Waals surface area contributed by atoms with Crippen LogP contribution in [-0.4, -0.2) is 69.4 Å². The molecule has 13 heteroatoms. The number of aryl methyl sites for hydroxylation is 1. The number of rotatable bonds is 7. The van der Waals surface area contributed by atoms with Gasteiger partial charge in [0.15, 0.2) is 28.1 Å². The molecule has 1 atom stereocenters. The second-order valence-corrected chi connectivity index (χ2v) is 9.87. The summed E-state index contributed by atoms with van der Waals surface area (Å²) in [6.07, 6.45) is 0. The van der Waals surface area contributed by atoms with Crippen molar-refractivity contribution in [2.24, 2.45) is 0 Å². The lowest BCUT2D eigenvalue weighted by Gasteiger charge is -2.25. The first-order valence-electron chi connectivity index (χ1n) is 12.3. The lowest BCUT2D eigenvalue weighted by Crippen LogP contribution is -2.29. The number of ether oxygens (including phenoxy) is 6. The molecule has 1 saturated heterocycles. The minimum absolute atomic E-state index is 0.0602. The van der Waals surface area contributed by atoms with Gasteiger partial charge in [0.1, 0.15) is 23.9 Å². The summed E-state index contributed by atoms with van der Waals surface area (Å²) < 4.78 is 32.5. The quantitative estimate of drug-likeness (QED) is 0.189. The summed E-state index contributed by atoms with van der Waals surface area (Å²) in [4.78, 5) is 45.3. The Morgan fingerprint density at radius 1 is 1.00 bits per heavy atom. The number of aromatic nitrogens is 1. The predicted molar refractivity (Wildman–Crippen MR) is 147 cm³/mol. The molecule has 3 aromatic rings. The van der Waals surface area contributed by atoms with Crippen molar-refractivity contribution < 1.29 is 47.9 Å². The van der Waals surface area contributed by atoms with Crippen LogP contribution < -0.4 is 28.6 Å². The van der Waals surface area contributed by atoms with Crippen LogP contribution in [0, 0.1) is 6.92 Å². The number of hydrogen-bond acceptors (Lipinski definition) is 12. The van der Waals surface area contributed by atoms with Crippen molar-refractivity contribution >= 4 is 39.9 Å². The van der Waals surface area contributed by atoms with Gasteiger partial charge in [-0.2, -0.15) is 0 Å². The monoisotopic (exact) mass is 582 g/mol. The van der Waals surface area contributed by atoms with E-state index in [0.717, 1.165) is 16.2 Å². The summed E-state index contributed by atoms with van der Waals surface area (Å²) in [5.74, 6) is -1.29. The van der Waals surface area contributed by atoms with Crippen LogP contribution >= 0.6 is 11.3 Å². The Balaban J connectivity index is 1.75. The van der Waals surface area contributed by atoms with Gasteiger partial charge in [0.25, 0.3) is 5.78 Å². The van der Waals surface area contributed by atoms with Crippen LogP contribution in [-0.2, 0) is 14.3 Å². The first kappa shape index (κ1) is 27.8. The molecule has 1 N–H and O–H groups in total. The molecule has 2 aromatic carbocycles. The highest BCUT2D eigenvalue weighted by atomic mass is 32.1. The average Bonchev–Trinajstić information content (AvgIpc) is 3.51. The molecule has 3 heterocycles. The van der Waals surface area contributed by atoms with Crippen LogP contribution in [0.15, 0.2) is 35.9 Å². The summed E-state index contributed by atoms with van der Waals surface area (Å²) >= 11 is 0.889. The fourth-order valence-corrected chi connectivity index (χ4v) is 5.73. The maximum absolute atomic E-state index is 13.6. The van der Waals surface area contributed by atoms with Crippen LogP contribution in [0.2, 0.25) is 0 Å². The van der Waals surface area contributed by atoms with Crippen molar-refractivity contribution in [3.05, 3.63) is 57.6 Å². The van der Waals surface area contributed by atoms with Crippen molar-refractivity contribution in [3.63, 3.8) is 0 Å². The van der Waals surface area contributed by atoms with Crippen LogP contribution in [0.1, 0.15) is 32.5 Å². The number of aliphatic hydroxyl groups excluding tert-OH is 1. The van der Waals surface area contributed by atoms with Gasteiger partial charge in [-0.05, 0) is 42.8 Å². The molecule has 214 valence electrons. The second-order valence-electron chi connectivity index (χ2n) is 8.89. The Kier molecular flexibility index (Phi) is 7.45. The summed E-state index contributed by atoms with van der Waals surface area (Å²) in [5, 5.41) is 11.6. The van der Waals surface area contributed by atoms with Gasteiger partial charge >= 0.3 is 11.9 Å². The normalized spacial score (nSPS) is 17.4. The zero-order valence-electron chi connectivity index (χ0n) is 22.8. The van der Waals surface area contributed by atoms with Crippen molar-refractivity contribution in [2.75, 3.05) is 46.6 Å². The lowest BCUT2D eigenvalue weighted by atomic mass is 9.94. The van der Waals surface area contributed by atoms with E-state index in [0.29, 0.717) is 41.7 Å². The number of hydrogen-bond donors (Lipinski definition) is 1. The van der Waals surface area contributed by atoms with E-state index in [1.807, 2.05) is 0 Å². The molecule has 0 bridgehead atoms. The van der Waals surface area contributed by atoms with E-state index in [9.17, 15) is 19.5 Å². The molecule has 0 radical (unpaired) electrons. The Bertz CT molecular complexity index is 1570. The first-order chi connectivity index (χ1) is 19.7. The third kappa shape index (κ3) is 4.67. The summed E-state index contributed by atoms with van der Waals surface area (Å²) in [5.41, 5.74) is 0.683. The number of esters is 1. The van der Waals surface area contributed by atoms with Gasteiger partial charge in [0, 0.05) is 5.56 Å². The van der Waals surface area contributed by atoms with Crippen LogP contribution in [0.4, 0.5) is 5.13 Å². The van der Waals surface area contributed by atoms with Crippen molar-refractivity contribution in [3.8, 4) is 28.7 Å². The number of benzene rings is 2. The molecule has 5 rings (SSSR count). The number of amides is 1. The molecule has 1 fully saturated rings. The third-order valence-electron chi connectivity index (χ3n) is 6.63. The largest absolute Gasteiger partial charge is 0.507 e. The van der Waals surface area contributed by atoms with Gasteiger partial charge in [-0.3, -0.25) is 14.5 Å². The fraction of sp³-hybridized carbons (Fsp3) is 0.286. The number of anilines is 1. The molecule has 0 aliphatic carbocycles. The second kappa shape index (κ2) is 11.0. The van der Waals surface area contributed by atoms with Crippen LogP contribution in [0.3, 0.4) is 0 Å². The maximum atomic E-state index is 13.6. The first-order valence-corrected chi connectivity index (χ1v) is 13.1. The number of thiazole rings is 1. The van der Waals surface area contributed by atoms with Crippen LogP contribution in [0.5, 0.6) is 28.7 Å². The highest BCUT2D eigenvalue weighted by Gasteiger charge is 2.49. The smallest absolute Gasteiger partial charge is 0.350 e. The molecule has 41 heavy (non-hydrogen) atoms. The third-order valence-corrected chi connectivity index (χ3v) is 7.76. The molecule has 1 unspecified atom stereocenters. The van der Waals surface area contributed by atoms with E-state index in [1.54, 1.807) is 31.2 Å². The SMILES string of the molecule is COC(=O)c1sc(N2C(=O)C(=O)C(=C(O)c3ccc4c(c3)OCCO4)C2c2cc(OC)c(OC)c(OC)c2)nc1C. The van der Waals surface area contributed by atoms with Gasteiger partial charge in [-0.15, -0.1) is 0 Å². The highest BCUT2D eigenvalue weighted by molar-refractivity contribution is 7.17. The van der Waals surface area contributed by atoms with Gasteiger partial charge < -0.3 is 33.5 Å². The molecule has 2 aliphatic heterocycles. The Morgan fingerprint density at radius 2 is 1.66 bits per heavy atom. The van der Waals surface area contributed by atoms with E-state index in [4.69, 9.17) is 28.4 Å². The minimum atomic E-state index is -1.19. The Morgan fingerprint density at radius 3 is 2.27 bits per heavy atom. The molecule has 2 aliphatic rings. The van der Waals surface area contributed by atoms with E-state index in [1.165, 1.54) is 34.5 Å². The molecular weight excluding hydrogens is 556 g/mol. The minimum Gasteiger partial charge on any atom is -0.507 e. The maximum Gasteiger partial charge on any atom is 0.350 e. The van der Waals surface area contributed by atoms with Crippen LogP contribution in [0.25, 0.3) is 5.76 Å². The van der Waals surface area contributed by atoms with Gasteiger partial charge in [-0.1, -0.05) is 11.3 Å². The predicted octanol–water partition coefficient (Wildman–Crippen LogP) is 3.66. The van der Waals surface area contributed by atoms with E-state index in [-0.39, 0.29) is 32.6 Å². The summed E-state index contributed by atoms with van der Waals surface area (Å²) in [6, 6.07) is 6.67. The van der Waals surface area contributed by atoms with Crippen molar-refractivity contribution in [1.29, 1.82) is 0 Å². The molecule has 0 spiro atoms. The van der Waals surface area contributed by atoms with E-state index in [2.05, 4.69) is 4.98 Å². The van der Waals surface area contributed by atoms with Crippen molar-refractivity contribution in [2.45, 2.75) is 13.0 Å². The number of aliphatic hydroxyl groups is 1. The van der Waals surface area contributed by atoms with Gasteiger partial charge in [0.05, 0.1) is 45.7 Å². The summed E-state index contributed by atoms with van der Waals surface area (Å²) in [6.45, 7) is 2.29. The molecular formula is C28H26N2O10S. The molecule has 1 amide bonds. The number of methoxy groups -OCH3 is 4. The number of fused-ring (bicyclic) bond motifs is 1. The molecule has 1 aromatic heterocycles. The van der Waals surface area contributed by atoms with Gasteiger partial charge in [0.2, 0.25) is 5.75 Å². The van der Waals surface area contributed by atoms with E-state index < -0.39 is 29.5 Å². The summed E-state index contributed by atoms with van der Waals surface area (Å²) in [7, 11) is 5.54. The Labute approximate surface area is 238 Å². The number of carbonyl (C=O) groups excluding carboxylic acids is 3. The van der Waals surface area contributed by atoms with E-state index >= 15 is 0 Å². The molecule has 0 saturated carbocycles. The number of ketones is 1. The highest BCUT2D eigenvalue weighted by Crippen LogP contribution is 2.48.